The minimum atomic E-state index is -0.979. The molecule has 0 saturated heterocycles. The smallest absolute Gasteiger partial charge is 0.312 e. The quantitative estimate of drug-likeness (QED) is 0.827. The van der Waals surface area contributed by atoms with Crippen LogP contribution in [0.3, 0.4) is 0 Å². The van der Waals surface area contributed by atoms with Crippen molar-refractivity contribution in [3.8, 4) is 6.07 Å². The number of nitrogens with zero attached hydrogens (tertiary/aromatic N) is 2. The van der Waals surface area contributed by atoms with Gasteiger partial charge in [0.25, 0.3) is 5.91 Å². The highest BCUT2D eigenvalue weighted by atomic mass is 16.5. The van der Waals surface area contributed by atoms with Crippen molar-refractivity contribution in [3.63, 3.8) is 0 Å². The maximum Gasteiger partial charge on any atom is 0.312 e. The summed E-state index contributed by atoms with van der Waals surface area (Å²) in [5, 5.41) is 16.8. The van der Waals surface area contributed by atoms with Crippen LogP contribution in [-0.4, -0.2) is 28.7 Å². The summed E-state index contributed by atoms with van der Waals surface area (Å²) >= 11 is 0. The number of ether oxygens (including phenoxy) is 1. The van der Waals surface area contributed by atoms with Gasteiger partial charge in [-0.05, 0) is 31.9 Å². The van der Waals surface area contributed by atoms with Crippen LogP contribution in [0.4, 0.5) is 0 Å². The number of carbonyl (C=O) groups excluding carboxylic acids is 2. The third kappa shape index (κ3) is 3.85. The largest absolute Gasteiger partial charge is 0.452 e. The van der Waals surface area contributed by atoms with Crippen LogP contribution in [0.5, 0.6) is 0 Å². The summed E-state index contributed by atoms with van der Waals surface area (Å²) in [6.45, 7) is 1.50. The Morgan fingerprint density at radius 2 is 2.08 bits per heavy atom. The number of hydrogen-bond donors (Lipinski definition) is 1. The number of carbonyl (C=O) groups is 2. The standard InChI is InChI=1S/C19H21N3O4/c1-13(18(24)21-19(12-20)9-5-2-6-10-19)25-17(23)11-15-14-7-3-4-8-16(14)26-22-15/h3-4,7-8,13H,2,5-6,9-11H2,1H3,(H,21,24)/t13-/m1/s1. The first kappa shape index (κ1) is 17.9. The zero-order valence-corrected chi connectivity index (χ0v) is 14.7. The molecule has 1 amide bonds. The lowest BCUT2D eigenvalue weighted by atomic mass is 9.83. The van der Waals surface area contributed by atoms with Crippen LogP contribution >= 0.6 is 0 Å². The molecule has 7 heteroatoms. The van der Waals surface area contributed by atoms with Crippen molar-refractivity contribution < 1.29 is 18.8 Å². The van der Waals surface area contributed by atoms with Crippen molar-refractivity contribution in [2.75, 3.05) is 0 Å². The van der Waals surface area contributed by atoms with Gasteiger partial charge in [-0.15, -0.1) is 0 Å². The maximum atomic E-state index is 12.4. The number of esters is 1. The van der Waals surface area contributed by atoms with E-state index in [1.807, 2.05) is 18.2 Å². The van der Waals surface area contributed by atoms with Gasteiger partial charge in [-0.1, -0.05) is 36.6 Å². The first-order valence-corrected chi connectivity index (χ1v) is 8.79. The van der Waals surface area contributed by atoms with Crippen LogP contribution < -0.4 is 5.32 Å². The Hall–Kier alpha value is -2.88. The average molecular weight is 355 g/mol. The molecule has 0 spiro atoms. The summed E-state index contributed by atoms with van der Waals surface area (Å²) in [7, 11) is 0. The molecule has 1 aromatic carbocycles. The van der Waals surface area contributed by atoms with E-state index in [0.29, 0.717) is 24.1 Å². The number of aromatic nitrogens is 1. The van der Waals surface area contributed by atoms with Gasteiger partial charge in [-0.2, -0.15) is 5.26 Å². The van der Waals surface area contributed by atoms with E-state index in [0.717, 1.165) is 24.6 Å². The second-order valence-corrected chi connectivity index (χ2v) is 6.68. The summed E-state index contributed by atoms with van der Waals surface area (Å²) in [5.41, 5.74) is 0.214. The van der Waals surface area contributed by atoms with E-state index in [9.17, 15) is 14.9 Å². The van der Waals surface area contributed by atoms with Crippen LogP contribution in [0.2, 0.25) is 0 Å². The highest BCUT2D eigenvalue weighted by molar-refractivity contribution is 5.87. The van der Waals surface area contributed by atoms with E-state index in [1.165, 1.54) is 6.92 Å². The fourth-order valence-corrected chi connectivity index (χ4v) is 3.25. The van der Waals surface area contributed by atoms with Crippen LogP contribution in [0.1, 0.15) is 44.7 Å². The topological polar surface area (TPSA) is 105 Å². The molecule has 26 heavy (non-hydrogen) atoms. The van der Waals surface area contributed by atoms with Gasteiger partial charge in [0.05, 0.1) is 12.5 Å². The number of fused-ring (bicyclic) bond motifs is 1. The van der Waals surface area contributed by atoms with Gasteiger partial charge in [0.2, 0.25) is 0 Å². The van der Waals surface area contributed by atoms with Crippen molar-refractivity contribution in [2.45, 2.75) is 57.1 Å². The molecule has 1 aliphatic carbocycles. The minimum Gasteiger partial charge on any atom is -0.452 e. The van der Waals surface area contributed by atoms with Gasteiger partial charge in [0, 0.05) is 5.39 Å². The predicted molar refractivity (Wildman–Crippen MR) is 92.8 cm³/mol. The maximum absolute atomic E-state index is 12.4. The normalized spacial score (nSPS) is 17.2. The lowest BCUT2D eigenvalue weighted by molar-refractivity contribution is -0.154. The summed E-state index contributed by atoms with van der Waals surface area (Å²) in [4.78, 5) is 24.5. The van der Waals surface area contributed by atoms with E-state index in [4.69, 9.17) is 9.26 Å². The Morgan fingerprint density at radius 3 is 2.81 bits per heavy atom. The lowest BCUT2D eigenvalue weighted by Gasteiger charge is -2.32. The number of hydrogen-bond acceptors (Lipinski definition) is 6. The Morgan fingerprint density at radius 1 is 1.35 bits per heavy atom. The number of rotatable bonds is 5. The molecular weight excluding hydrogens is 334 g/mol. The Balaban J connectivity index is 1.58. The highest BCUT2D eigenvalue weighted by Crippen LogP contribution is 2.27. The van der Waals surface area contributed by atoms with Gasteiger partial charge in [0.15, 0.2) is 11.7 Å². The van der Waals surface area contributed by atoms with Gasteiger partial charge in [-0.3, -0.25) is 9.59 Å². The molecule has 136 valence electrons. The second-order valence-electron chi connectivity index (χ2n) is 6.68. The van der Waals surface area contributed by atoms with Gasteiger partial charge in [-0.25, -0.2) is 0 Å². The molecule has 0 aliphatic heterocycles. The summed E-state index contributed by atoms with van der Waals surface area (Å²) in [5.74, 6) is -1.02. The van der Waals surface area contributed by atoms with Crippen LogP contribution in [0.15, 0.2) is 28.8 Å². The Labute approximate surface area is 151 Å². The number of benzene rings is 1. The molecule has 1 fully saturated rings. The van der Waals surface area contributed by atoms with Gasteiger partial charge in [0.1, 0.15) is 11.2 Å². The van der Waals surface area contributed by atoms with E-state index in [1.54, 1.807) is 6.07 Å². The van der Waals surface area contributed by atoms with Crippen LogP contribution in [0.25, 0.3) is 11.0 Å². The van der Waals surface area contributed by atoms with Crippen molar-refractivity contribution in [3.05, 3.63) is 30.0 Å². The zero-order chi connectivity index (χ0) is 18.6. The fraction of sp³-hybridized carbons (Fsp3) is 0.474. The molecule has 1 atom stereocenters. The number of nitriles is 1. The van der Waals surface area contributed by atoms with E-state index in [-0.39, 0.29) is 6.42 Å². The molecular formula is C19H21N3O4. The average Bonchev–Trinajstić information content (AvgIpc) is 3.05. The molecule has 7 nitrogen and oxygen atoms in total. The first-order valence-electron chi connectivity index (χ1n) is 8.79. The Bertz CT molecular complexity index is 846. The predicted octanol–water partition coefficient (Wildman–Crippen LogP) is 2.64. The molecule has 1 heterocycles. The zero-order valence-electron chi connectivity index (χ0n) is 14.7. The molecule has 0 unspecified atom stereocenters. The Kier molecular flexibility index (Phi) is 5.21. The van der Waals surface area contributed by atoms with E-state index in [2.05, 4.69) is 16.5 Å². The van der Waals surface area contributed by atoms with Gasteiger partial charge >= 0.3 is 5.97 Å². The third-order valence-corrected chi connectivity index (χ3v) is 4.72. The van der Waals surface area contributed by atoms with E-state index < -0.39 is 23.5 Å². The molecule has 1 saturated carbocycles. The highest BCUT2D eigenvalue weighted by Gasteiger charge is 2.35. The molecule has 1 aliphatic rings. The van der Waals surface area contributed by atoms with Crippen molar-refractivity contribution >= 4 is 22.8 Å². The second kappa shape index (κ2) is 7.56. The number of nitrogens with one attached hydrogen (secondary N) is 1. The number of para-hydroxylation sites is 1. The molecule has 1 aromatic heterocycles. The first-order chi connectivity index (χ1) is 12.5. The summed E-state index contributed by atoms with van der Waals surface area (Å²) < 4.78 is 10.4. The van der Waals surface area contributed by atoms with Gasteiger partial charge < -0.3 is 14.6 Å². The van der Waals surface area contributed by atoms with Crippen molar-refractivity contribution in [1.82, 2.24) is 10.5 Å². The fourth-order valence-electron chi connectivity index (χ4n) is 3.25. The lowest BCUT2D eigenvalue weighted by Crippen LogP contribution is -2.52. The minimum absolute atomic E-state index is 0.0853. The SMILES string of the molecule is C[C@@H](OC(=O)Cc1noc2ccccc12)C(=O)NC1(C#N)CCCCC1. The monoisotopic (exact) mass is 355 g/mol. The molecule has 2 aromatic rings. The molecule has 0 bridgehead atoms. The van der Waals surface area contributed by atoms with Crippen LogP contribution in [0, 0.1) is 11.3 Å². The molecule has 1 N–H and O–H groups in total. The van der Waals surface area contributed by atoms with E-state index >= 15 is 0 Å². The molecule has 0 radical (unpaired) electrons. The van der Waals surface area contributed by atoms with Crippen molar-refractivity contribution in [2.24, 2.45) is 0 Å². The number of amides is 1. The van der Waals surface area contributed by atoms with Crippen molar-refractivity contribution in [1.29, 1.82) is 5.26 Å². The summed E-state index contributed by atoms with van der Waals surface area (Å²) in [6.07, 6.45) is 3.06. The third-order valence-electron chi connectivity index (χ3n) is 4.72. The van der Waals surface area contributed by atoms with Crippen LogP contribution in [-0.2, 0) is 20.7 Å². The molecule has 3 rings (SSSR count). The summed E-state index contributed by atoms with van der Waals surface area (Å²) in [6, 6.07) is 9.44.